The highest BCUT2D eigenvalue weighted by Gasteiger charge is 2.45. The van der Waals surface area contributed by atoms with Crippen molar-refractivity contribution < 1.29 is 4.74 Å². The van der Waals surface area contributed by atoms with E-state index in [1.807, 2.05) is 12.1 Å². The monoisotopic (exact) mass is 238 g/mol. The number of rotatable bonds is 2. The van der Waals surface area contributed by atoms with Crippen molar-refractivity contribution in [3.8, 4) is 5.75 Å². The van der Waals surface area contributed by atoms with Gasteiger partial charge in [0.2, 0.25) is 0 Å². The van der Waals surface area contributed by atoms with E-state index in [4.69, 9.17) is 16.3 Å². The van der Waals surface area contributed by atoms with Crippen molar-refractivity contribution in [3.63, 3.8) is 0 Å². The molecule has 0 bridgehead atoms. The Morgan fingerprint density at radius 1 is 1.19 bits per heavy atom. The lowest BCUT2D eigenvalue weighted by molar-refractivity contribution is 0.161. The minimum atomic E-state index is 0.111. The van der Waals surface area contributed by atoms with E-state index < -0.39 is 0 Å². The number of hydrogen-bond acceptors (Lipinski definition) is 1. The maximum atomic E-state index is 6.10. The number of hydrogen-bond donors (Lipinski definition) is 0. The zero-order valence-electron chi connectivity index (χ0n) is 10.4. The van der Waals surface area contributed by atoms with Gasteiger partial charge in [-0.3, -0.25) is 0 Å². The molecule has 1 aromatic rings. The van der Waals surface area contributed by atoms with Crippen LogP contribution in [0.4, 0.5) is 0 Å². The Balaban J connectivity index is 2.58. The zero-order chi connectivity index (χ0) is 11.9. The summed E-state index contributed by atoms with van der Waals surface area (Å²) in [6.07, 6.45) is 0. The fraction of sp³-hybridized carbons (Fsp3) is 0.571. The molecule has 1 aliphatic heterocycles. The number of fused-ring (bicyclic) bond motifs is 1. The van der Waals surface area contributed by atoms with E-state index in [2.05, 4.69) is 33.8 Å². The van der Waals surface area contributed by atoms with Gasteiger partial charge in [-0.05, 0) is 30.0 Å². The van der Waals surface area contributed by atoms with Crippen LogP contribution in [-0.4, -0.2) is 6.61 Å². The van der Waals surface area contributed by atoms with Crippen LogP contribution >= 0.6 is 11.6 Å². The van der Waals surface area contributed by atoms with E-state index in [1.54, 1.807) is 0 Å². The molecule has 1 heterocycles. The predicted molar refractivity (Wildman–Crippen MR) is 68.3 cm³/mol. The lowest BCUT2D eigenvalue weighted by Gasteiger charge is -2.36. The number of benzene rings is 1. The molecule has 0 N–H and O–H groups in total. The molecule has 0 unspecified atom stereocenters. The zero-order valence-corrected chi connectivity index (χ0v) is 11.1. The largest absolute Gasteiger partial charge is 0.492 e. The summed E-state index contributed by atoms with van der Waals surface area (Å²) < 4.78 is 5.83. The second-order valence-corrected chi connectivity index (χ2v) is 5.72. The summed E-state index contributed by atoms with van der Waals surface area (Å²) in [5.74, 6) is 2.10. The molecule has 0 spiro atoms. The highest BCUT2D eigenvalue weighted by molar-refractivity contribution is 6.30. The maximum Gasteiger partial charge on any atom is 0.123 e. The van der Waals surface area contributed by atoms with Gasteiger partial charge in [-0.25, -0.2) is 0 Å². The number of ether oxygens (including phenoxy) is 1. The van der Waals surface area contributed by atoms with Gasteiger partial charge in [0, 0.05) is 16.0 Å². The van der Waals surface area contributed by atoms with Crippen molar-refractivity contribution in [1.82, 2.24) is 0 Å². The molecule has 0 radical (unpaired) electrons. The molecule has 0 atom stereocenters. The van der Waals surface area contributed by atoms with Gasteiger partial charge in [-0.15, -0.1) is 0 Å². The third-order valence-corrected chi connectivity index (χ3v) is 4.21. The first kappa shape index (κ1) is 11.8. The SMILES string of the molecule is CC(C)C1(C(C)C)COc2ccc(Cl)cc21. The van der Waals surface area contributed by atoms with Crippen LogP contribution < -0.4 is 4.74 Å². The Morgan fingerprint density at radius 2 is 1.81 bits per heavy atom. The Hall–Kier alpha value is -0.690. The molecular weight excluding hydrogens is 220 g/mol. The Labute approximate surface area is 103 Å². The second kappa shape index (κ2) is 3.96. The molecule has 1 nitrogen and oxygen atoms in total. The van der Waals surface area contributed by atoms with Crippen LogP contribution in [0.1, 0.15) is 33.3 Å². The summed E-state index contributed by atoms with van der Waals surface area (Å²) >= 11 is 6.10. The van der Waals surface area contributed by atoms with Crippen molar-refractivity contribution >= 4 is 11.6 Å². The summed E-state index contributed by atoms with van der Waals surface area (Å²) in [4.78, 5) is 0. The highest BCUT2D eigenvalue weighted by Crippen LogP contribution is 2.49. The Bertz CT molecular complexity index is 388. The first-order valence-corrected chi connectivity index (χ1v) is 6.29. The van der Waals surface area contributed by atoms with Crippen molar-refractivity contribution in [1.29, 1.82) is 0 Å². The average molecular weight is 239 g/mol. The molecule has 2 heteroatoms. The van der Waals surface area contributed by atoms with E-state index >= 15 is 0 Å². The molecule has 0 fully saturated rings. The fourth-order valence-electron chi connectivity index (χ4n) is 2.89. The van der Waals surface area contributed by atoms with Gasteiger partial charge in [-0.1, -0.05) is 39.3 Å². The predicted octanol–water partition coefficient (Wildman–Crippen LogP) is 4.28. The van der Waals surface area contributed by atoms with Crippen molar-refractivity contribution in [3.05, 3.63) is 28.8 Å². The van der Waals surface area contributed by atoms with Crippen LogP contribution in [-0.2, 0) is 5.41 Å². The average Bonchev–Trinajstić information content (AvgIpc) is 2.57. The van der Waals surface area contributed by atoms with Crippen molar-refractivity contribution in [2.24, 2.45) is 11.8 Å². The molecule has 0 saturated heterocycles. The van der Waals surface area contributed by atoms with Crippen LogP contribution in [0.3, 0.4) is 0 Å². The standard InChI is InChI=1S/C14H19ClO/c1-9(2)14(10(3)4)8-16-13-6-5-11(15)7-12(13)14/h5-7,9-10H,8H2,1-4H3. The lowest BCUT2D eigenvalue weighted by atomic mass is 9.66. The van der Waals surface area contributed by atoms with E-state index in [0.717, 1.165) is 17.4 Å². The third-order valence-electron chi connectivity index (χ3n) is 3.97. The number of halogens is 1. The highest BCUT2D eigenvalue weighted by atomic mass is 35.5. The second-order valence-electron chi connectivity index (χ2n) is 5.28. The van der Waals surface area contributed by atoms with Crippen LogP contribution in [0.2, 0.25) is 5.02 Å². The molecule has 0 saturated carbocycles. The summed E-state index contributed by atoms with van der Waals surface area (Å²) in [6.45, 7) is 9.83. The first-order chi connectivity index (χ1) is 7.48. The third kappa shape index (κ3) is 1.53. The van der Waals surface area contributed by atoms with Gasteiger partial charge < -0.3 is 4.74 Å². The van der Waals surface area contributed by atoms with Gasteiger partial charge in [-0.2, -0.15) is 0 Å². The minimum Gasteiger partial charge on any atom is -0.492 e. The lowest BCUT2D eigenvalue weighted by Crippen LogP contribution is -2.39. The molecule has 16 heavy (non-hydrogen) atoms. The van der Waals surface area contributed by atoms with Crippen molar-refractivity contribution in [2.45, 2.75) is 33.1 Å². The maximum absolute atomic E-state index is 6.10. The Kier molecular flexibility index (Phi) is 2.91. The smallest absolute Gasteiger partial charge is 0.123 e. The summed E-state index contributed by atoms with van der Waals surface area (Å²) in [6, 6.07) is 5.96. The minimum absolute atomic E-state index is 0.111. The topological polar surface area (TPSA) is 9.23 Å². The quantitative estimate of drug-likeness (QED) is 0.747. The van der Waals surface area contributed by atoms with Gasteiger partial charge in [0.1, 0.15) is 5.75 Å². The molecular formula is C14H19ClO. The molecule has 0 aliphatic carbocycles. The van der Waals surface area contributed by atoms with Crippen LogP contribution in [0.15, 0.2) is 18.2 Å². The summed E-state index contributed by atoms with van der Waals surface area (Å²) in [5, 5.41) is 0.801. The van der Waals surface area contributed by atoms with Crippen LogP contribution in [0, 0.1) is 11.8 Å². The molecule has 1 aliphatic rings. The van der Waals surface area contributed by atoms with Gasteiger partial charge in [0.15, 0.2) is 0 Å². The van der Waals surface area contributed by atoms with Gasteiger partial charge >= 0.3 is 0 Å². The molecule has 0 amide bonds. The molecule has 0 aromatic heterocycles. The summed E-state index contributed by atoms with van der Waals surface area (Å²) in [5.41, 5.74) is 1.39. The van der Waals surface area contributed by atoms with Crippen molar-refractivity contribution in [2.75, 3.05) is 6.61 Å². The molecule has 1 aromatic carbocycles. The van der Waals surface area contributed by atoms with Gasteiger partial charge in [0.25, 0.3) is 0 Å². The first-order valence-electron chi connectivity index (χ1n) is 5.91. The van der Waals surface area contributed by atoms with E-state index in [-0.39, 0.29) is 5.41 Å². The fourth-order valence-corrected chi connectivity index (χ4v) is 3.06. The van der Waals surface area contributed by atoms with Crippen LogP contribution in [0.5, 0.6) is 5.75 Å². The summed E-state index contributed by atoms with van der Waals surface area (Å²) in [7, 11) is 0. The normalized spacial score (nSPS) is 17.7. The van der Waals surface area contributed by atoms with E-state index in [9.17, 15) is 0 Å². The van der Waals surface area contributed by atoms with Gasteiger partial charge in [0.05, 0.1) is 6.61 Å². The van der Waals surface area contributed by atoms with Crippen LogP contribution in [0.25, 0.3) is 0 Å². The molecule has 2 rings (SSSR count). The molecule has 88 valence electrons. The Morgan fingerprint density at radius 3 is 2.38 bits per heavy atom. The van der Waals surface area contributed by atoms with E-state index in [0.29, 0.717) is 11.8 Å². The van der Waals surface area contributed by atoms with E-state index in [1.165, 1.54) is 5.56 Å².